The molecule has 0 aromatic heterocycles. The van der Waals surface area contributed by atoms with Gasteiger partial charge >= 0.3 is 12.1 Å². The van der Waals surface area contributed by atoms with Crippen molar-refractivity contribution in [3.8, 4) is 0 Å². The van der Waals surface area contributed by atoms with E-state index < -0.39 is 12.1 Å². The van der Waals surface area contributed by atoms with Crippen LogP contribution in [0.4, 0.5) is 4.79 Å². The first-order valence-electron chi connectivity index (χ1n) is 12.9. The Morgan fingerprint density at radius 3 is 1.84 bits per heavy atom. The van der Waals surface area contributed by atoms with Crippen LogP contribution < -0.4 is 0 Å². The van der Waals surface area contributed by atoms with Gasteiger partial charge in [0.25, 0.3) is 0 Å². The van der Waals surface area contributed by atoms with Gasteiger partial charge in [0.2, 0.25) is 0 Å². The Balaban J connectivity index is 4.25. The smallest absolute Gasteiger partial charge is 0.410 e. The van der Waals surface area contributed by atoms with Crippen molar-refractivity contribution in [3.05, 3.63) is 0 Å². The molecule has 0 aromatic carbocycles. The molecule has 0 saturated heterocycles. The Kier molecular flexibility index (Phi) is 18.6. The average Bonchev–Trinajstić information content (AvgIpc) is 2.74. The molecule has 0 N–H and O–H groups in total. The molecule has 0 fully saturated rings. The van der Waals surface area contributed by atoms with Crippen LogP contribution in [0.1, 0.15) is 118 Å². The van der Waals surface area contributed by atoms with Crippen LogP contribution in [0.25, 0.3) is 0 Å². The monoisotopic (exact) mass is 441 g/mol. The molecule has 0 aliphatic heterocycles. The second-order valence-corrected chi connectivity index (χ2v) is 9.29. The predicted octanol–water partition coefficient (Wildman–Crippen LogP) is 7.37. The van der Waals surface area contributed by atoms with Crippen LogP contribution in [0.2, 0.25) is 0 Å². The average molecular weight is 442 g/mol. The van der Waals surface area contributed by atoms with Crippen LogP contribution in [-0.2, 0) is 14.3 Å². The fourth-order valence-electron chi connectivity index (χ4n) is 3.85. The summed E-state index contributed by atoms with van der Waals surface area (Å²) in [4.78, 5) is 26.6. The van der Waals surface area contributed by atoms with Crippen LogP contribution in [-0.4, -0.2) is 43.3 Å². The molecule has 0 bridgehead atoms. The molecule has 5 nitrogen and oxygen atoms in total. The summed E-state index contributed by atoms with van der Waals surface area (Å²) in [5, 5.41) is 0. The quantitative estimate of drug-likeness (QED) is 0.155. The fraction of sp³-hybridized carbons (Fsp3) is 0.923. The van der Waals surface area contributed by atoms with E-state index >= 15 is 0 Å². The Labute approximate surface area is 192 Å². The molecule has 0 saturated carbocycles. The largest absolute Gasteiger partial charge is 0.464 e. The molecular weight excluding hydrogens is 390 g/mol. The molecule has 31 heavy (non-hydrogen) atoms. The van der Waals surface area contributed by atoms with E-state index in [2.05, 4.69) is 20.8 Å². The first kappa shape index (κ1) is 29.7. The maximum atomic E-state index is 12.6. The second kappa shape index (κ2) is 19.4. The standard InChI is InChI=1S/C26H51NO4/c1-7-10-12-13-14-15-16-17-18-20-30-25(28)24(22(4)5)27(6)26(29)31-21-23(9-3)19-11-8-2/h22-24H,7-21H2,1-6H3. The van der Waals surface area contributed by atoms with Crippen molar-refractivity contribution in [1.82, 2.24) is 4.90 Å². The number of unbranched alkanes of at least 4 members (excludes halogenated alkanes) is 9. The Bertz CT molecular complexity index is 453. The van der Waals surface area contributed by atoms with E-state index in [0.29, 0.717) is 19.1 Å². The van der Waals surface area contributed by atoms with Crippen LogP contribution in [0.5, 0.6) is 0 Å². The zero-order chi connectivity index (χ0) is 23.5. The number of nitrogens with zero attached hydrogens (tertiary/aromatic N) is 1. The minimum atomic E-state index is -0.609. The molecule has 0 spiro atoms. The number of carbonyl (C=O) groups excluding carboxylic acids is 2. The molecule has 0 aliphatic rings. The molecule has 0 aromatic rings. The molecular formula is C26H51NO4. The highest BCUT2D eigenvalue weighted by Gasteiger charge is 2.32. The zero-order valence-corrected chi connectivity index (χ0v) is 21.4. The van der Waals surface area contributed by atoms with E-state index in [1.54, 1.807) is 7.05 Å². The Hall–Kier alpha value is -1.26. The molecule has 184 valence electrons. The van der Waals surface area contributed by atoms with Crippen LogP contribution >= 0.6 is 0 Å². The number of rotatable bonds is 19. The Morgan fingerprint density at radius 1 is 0.774 bits per heavy atom. The van der Waals surface area contributed by atoms with Gasteiger partial charge in [0, 0.05) is 7.05 Å². The number of hydrogen-bond acceptors (Lipinski definition) is 4. The number of amides is 1. The summed E-state index contributed by atoms with van der Waals surface area (Å²) in [6.45, 7) is 11.2. The van der Waals surface area contributed by atoms with Gasteiger partial charge in [-0.05, 0) is 24.7 Å². The summed E-state index contributed by atoms with van der Waals surface area (Å²) in [6.07, 6.45) is 14.9. The van der Waals surface area contributed by atoms with Gasteiger partial charge < -0.3 is 9.47 Å². The molecule has 5 heteroatoms. The van der Waals surface area contributed by atoms with Crippen molar-refractivity contribution in [3.63, 3.8) is 0 Å². The van der Waals surface area contributed by atoms with Crippen molar-refractivity contribution < 1.29 is 19.1 Å². The van der Waals surface area contributed by atoms with Gasteiger partial charge in [0.1, 0.15) is 6.04 Å². The van der Waals surface area contributed by atoms with Crippen LogP contribution in [0.15, 0.2) is 0 Å². The summed E-state index contributed by atoms with van der Waals surface area (Å²) < 4.78 is 11.0. The van der Waals surface area contributed by atoms with E-state index in [0.717, 1.165) is 38.5 Å². The van der Waals surface area contributed by atoms with E-state index in [1.807, 2.05) is 13.8 Å². The van der Waals surface area contributed by atoms with Crippen LogP contribution in [0.3, 0.4) is 0 Å². The second-order valence-electron chi connectivity index (χ2n) is 9.29. The fourth-order valence-corrected chi connectivity index (χ4v) is 3.85. The van der Waals surface area contributed by atoms with Gasteiger partial charge in [0.05, 0.1) is 13.2 Å². The highest BCUT2D eigenvalue weighted by Crippen LogP contribution is 2.17. The lowest BCUT2D eigenvalue weighted by molar-refractivity contribution is -0.150. The van der Waals surface area contributed by atoms with Gasteiger partial charge in [-0.1, -0.05) is 105 Å². The third-order valence-corrected chi connectivity index (χ3v) is 6.06. The number of hydrogen-bond donors (Lipinski definition) is 0. The minimum absolute atomic E-state index is 0.0322. The summed E-state index contributed by atoms with van der Waals surface area (Å²) in [6, 6.07) is -0.609. The first-order chi connectivity index (χ1) is 14.9. The van der Waals surface area contributed by atoms with Gasteiger partial charge in [-0.3, -0.25) is 4.90 Å². The lowest BCUT2D eigenvalue weighted by atomic mass is 10.0. The van der Waals surface area contributed by atoms with Gasteiger partial charge in [-0.2, -0.15) is 0 Å². The number of ether oxygens (including phenoxy) is 2. The van der Waals surface area contributed by atoms with E-state index in [1.165, 1.54) is 49.8 Å². The molecule has 0 radical (unpaired) electrons. The van der Waals surface area contributed by atoms with E-state index in [4.69, 9.17) is 9.47 Å². The molecule has 2 atom stereocenters. The number of likely N-dealkylation sites (N-methyl/N-ethyl adjacent to an activating group) is 1. The minimum Gasteiger partial charge on any atom is -0.464 e. The lowest BCUT2D eigenvalue weighted by Gasteiger charge is -2.29. The summed E-state index contributed by atoms with van der Waals surface area (Å²) in [5.74, 6) is 0.0238. The highest BCUT2D eigenvalue weighted by molar-refractivity contribution is 5.81. The molecule has 0 aliphatic carbocycles. The van der Waals surface area contributed by atoms with E-state index in [9.17, 15) is 9.59 Å². The molecule has 2 unspecified atom stereocenters. The van der Waals surface area contributed by atoms with Crippen molar-refractivity contribution in [2.75, 3.05) is 20.3 Å². The number of carbonyl (C=O) groups is 2. The summed E-state index contributed by atoms with van der Waals surface area (Å²) >= 11 is 0. The first-order valence-corrected chi connectivity index (χ1v) is 12.9. The van der Waals surface area contributed by atoms with Crippen molar-refractivity contribution in [1.29, 1.82) is 0 Å². The maximum Gasteiger partial charge on any atom is 0.410 e. The summed E-state index contributed by atoms with van der Waals surface area (Å²) in [7, 11) is 1.64. The predicted molar refractivity (Wildman–Crippen MR) is 129 cm³/mol. The highest BCUT2D eigenvalue weighted by atomic mass is 16.6. The van der Waals surface area contributed by atoms with Crippen molar-refractivity contribution in [2.24, 2.45) is 11.8 Å². The lowest BCUT2D eigenvalue weighted by Crippen LogP contribution is -2.47. The molecule has 0 rings (SSSR count). The maximum absolute atomic E-state index is 12.6. The van der Waals surface area contributed by atoms with E-state index in [-0.39, 0.29) is 11.9 Å². The van der Waals surface area contributed by atoms with Gasteiger partial charge in [-0.15, -0.1) is 0 Å². The number of esters is 1. The third-order valence-electron chi connectivity index (χ3n) is 6.06. The summed E-state index contributed by atoms with van der Waals surface area (Å²) in [5.41, 5.74) is 0. The molecule has 0 heterocycles. The SMILES string of the molecule is CCCCCCCCCCCOC(=O)C(C(C)C)N(C)C(=O)OCC(CC)CCCC. The molecule has 1 amide bonds. The topological polar surface area (TPSA) is 55.8 Å². The normalized spacial score (nSPS) is 13.1. The van der Waals surface area contributed by atoms with Gasteiger partial charge in [0.15, 0.2) is 0 Å². The van der Waals surface area contributed by atoms with Crippen LogP contribution in [0, 0.1) is 11.8 Å². The zero-order valence-electron chi connectivity index (χ0n) is 21.4. The van der Waals surface area contributed by atoms with Gasteiger partial charge in [-0.25, -0.2) is 9.59 Å². The third kappa shape index (κ3) is 14.4. The Morgan fingerprint density at radius 2 is 1.32 bits per heavy atom. The van der Waals surface area contributed by atoms with Crippen molar-refractivity contribution in [2.45, 2.75) is 124 Å². The van der Waals surface area contributed by atoms with Crippen molar-refractivity contribution >= 4 is 12.1 Å².